The number of carbonyl (C=O) groups is 1. The zero-order chi connectivity index (χ0) is 13.8. The molecule has 0 bridgehead atoms. The SMILES string of the molecule is CC(=O)N(c1ccccc1)C1CC(=N/O)/C(=N\O)C1. The zero-order valence-electron chi connectivity index (χ0n) is 10.5. The third-order valence-electron chi connectivity index (χ3n) is 3.17. The van der Waals surface area contributed by atoms with E-state index in [0.29, 0.717) is 24.3 Å². The third-order valence-corrected chi connectivity index (χ3v) is 3.17. The zero-order valence-corrected chi connectivity index (χ0v) is 10.5. The molecule has 100 valence electrons. The van der Waals surface area contributed by atoms with Crippen LogP contribution in [0.2, 0.25) is 0 Å². The Morgan fingerprint density at radius 2 is 1.68 bits per heavy atom. The average Bonchev–Trinajstić information content (AvgIpc) is 2.82. The summed E-state index contributed by atoms with van der Waals surface area (Å²) in [5.74, 6) is -0.104. The number of para-hydroxylation sites is 1. The molecule has 0 saturated heterocycles. The van der Waals surface area contributed by atoms with Gasteiger partial charge < -0.3 is 15.3 Å². The van der Waals surface area contributed by atoms with Crippen molar-refractivity contribution in [3.05, 3.63) is 30.3 Å². The van der Waals surface area contributed by atoms with E-state index in [9.17, 15) is 4.79 Å². The topological polar surface area (TPSA) is 85.5 Å². The Balaban J connectivity index is 2.31. The number of hydrogen-bond acceptors (Lipinski definition) is 5. The van der Waals surface area contributed by atoms with Gasteiger partial charge in [0.15, 0.2) is 0 Å². The van der Waals surface area contributed by atoms with Crippen molar-refractivity contribution >= 4 is 23.0 Å². The Morgan fingerprint density at radius 1 is 1.16 bits per heavy atom. The second-order valence-electron chi connectivity index (χ2n) is 4.38. The Bertz CT molecular complexity index is 505. The van der Waals surface area contributed by atoms with Crippen LogP contribution in [0.1, 0.15) is 19.8 Å². The minimum atomic E-state index is -0.198. The third kappa shape index (κ3) is 2.57. The van der Waals surface area contributed by atoms with Gasteiger partial charge in [-0.1, -0.05) is 28.5 Å². The summed E-state index contributed by atoms with van der Waals surface area (Å²) in [7, 11) is 0. The van der Waals surface area contributed by atoms with Crippen molar-refractivity contribution in [1.29, 1.82) is 0 Å². The average molecular weight is 261 g/mol. The summed E-state index contributed by atoms with van der Waals surface area (Å²) in [6.45, 7) is 1.48. The van der Waals surface area contributed by atoms with E-state index >= 15 is 0 Å². The molecule has 0 aromatic heterocycles. The maximum Gasteiger partial charge on any atom is 0.224 e. The van der Waals surface area contributed by atoms with E-state index < -0.39 is 0 Å². The van der Waals surface area contributed by atoms with E-state index in [1.54, 1.807) is 4.90 Å². The van der Waals surface area contributed by atoms with Crippen LogP contribution in [0.5, 0.6) is 0 Å². The lowest BCUT2D eigenvalue weighted by Gasteiger charge is -2.27. The first kappa shape index (κ1) is 13.1. The fourth-order valence-electron chi connectivity index (χ4n) is 2.37. The standard InChI is InChI=1S/C13H15N3O3/c1-9(17)16(10-5-3-2-4-6-10)11-7-12(14-18)13(8-11)15-19/h2-6,11,18-19H,7-8H2,1H3/b14-12-,15-13-. The van der Waals surface area contributed by atoms with Crippen LogP contribution >= 0.6 is 0 Å². The molecule has 1 aromatic rings. The molecule has 2 rings (SSSR count). The summed E-state index contributed by atoms with van der Waals surface area (Å²) in [4.78, 5) is 13.5. The fraction of sp³-hybridized carbons (Fsp3) is 0.308. The highest BCUT2D eigenvalue weighted by Gasteiger charge is 2.34. The van der Waals surface area contributed by atoms with Gasteiger partial charge >= 0.3 is 0 Å². The quantitative estimate of drug-likeness (QED) is 0.629. The Morgan fingerprint density at radius 3 is 2.11 bits per heavy atom. The maximum atomic E-state index is 11.8. The van der Waals surface area contributed by atoms with Gasteiger partial charge in [-0.2, -0.15) is 0 Å². The van der Waals surface area contributed by atoms with Gasteiger partial charge in [-0.3, -0.25) is 4.79 Å². The van der Waals surface area contributed by atoms with Crippen LogP contribution in [0, 0.1) is 0 Å². The second-order valence-corrected chi connectivity index (χ2v) is 4.38. The van der Waals surface area contributed by atoms with E-state index in [0.717, 1.165) is 5.69 Å². The lowest BCUT2D eigenvalue weighted by Crippen LogP contribution is -2.37. The molecule has 1 aromatic carbocycles. The molecule has 6 heteroatoms. The summed E-state index contributed by atoms with van der Waals surface area (Å²) < 4.78 is 0. The number of amides is 1. The normalized spacial score (nSPS) is 22.9. The minimum Gasteiger partial charge on any atom is -0.411 e. The lowest BCUT2D eigenvalue weighted by atomic mass is 10.1. The Labute approximate surface area is 110 Å². The van der Waals surface area contributed by atoms with Gasteiger partial charge in [0.25, 0.3) is 0 Å². The highest BCUT2D eigenvalue weighted by atomic mass is 16.4. The van der Waals surface area contributed by atoms with Crippen LogP contribution < -0.4 is 4.90 Å². The molecule has 6 nitrogen and oxygen atoms in total. The van der Waals surface area contributed by atoms with Crippen molar-refractivity contribution in [3.8, 4) is 0 Å². The van der Waals surface area contributed by atoms with Gasteiger partial charge in [0, 0.05) is 31.5 Å². The molecule has 0 heterocycles. The van der Waals surface area contributed by atoms with Gasteiger partial charge in [0.1, 0.15) is 11.4 Å². The number of carbonyl (C=O) groups excluding carboxylic acids is 1. The minimum absolute atomic E-state index is 0.104. The second kappa shape index (κ2) is 5.51. The van der Waals surface area contributed by atoms with E-state index in [2.05, 4.69) is 10.3 Å². The number of anilines is 1. The van der Waals surface area contributed by atoms with Crippen LogP contribution in [-0.2, 0) is 4.79 Å². The summed E-state index contributed by atoms with van der Waals surface area (Å²) in [6.07, 6.45) is 0.731. The van der Waals surface area contributed by atoms with Crippen molar-refractivity contribution in [3.63, 3.8) is 0 Å². The molecule has 1 saturated carbocycles. The predicted molar refractivity (Wildman–Crippen MR) is 71.1 cm³/mol. The first-order chi connectivity index (χ1) is 9.17. The molecule has 0 radical (unpaired) electrons. The molecular weight excluding hydrogens is 246 g/mol. The van der Waals surface area contributed by atoms with Crippen LogP contribution in [-0.4, -0.2) is 33.8 Å². The highest BCUT2D eigenvalue weighted by molar-refractivity contribution is 6.44. The van der Waals surface area contributed by atoms with Crippen molar-refractivity contribution in [2.24, 2.45) is 10.3 Å². The number of nitrogens with zero attached hydrogens (tertiary/aromatic N) is 3. The molecular formula is C13H15N3O3. The largest absolute Gasteiger partial charge is 0.411 e. The van der Waals surface area contributed by atoms with Crippen molar-refractivity contribution in [1.82, 2.24) is 0 Å². The molecule has 2 N–H and O–H groups in total. The molecule has 0 aliphatic heterocycles. The fourth-order valence-corrected chi connectivity index (χ4v) is 2.37. The van der Waals surface area contributed by atoms with E-state index in [4.69, 9.17) is 10.4 Å². The number of hydrogen-bond donors (Lipinski definition) is 2. The van der Waals surface area contributed by atoms with Crippen LogP contribution in [0.25, 0.3) is 0 Å². The van der Waals surface area contributed by atoms with Gasteiger partial charge in [0.05, 0.1) is 0 Å². The van der Waals surface area contributed by atoms with Crippen molar-refractivity contribution < 1.29 is 15.2 Å². The first-order valence-electron chi connectivity index (χ1n) is 5.94. The van der Waals surface area contributed by atoms with Gasteiger partial charge in [0.2, 0.25) is 5.91 Å². The predicted octanol–water partition coefficient (Wildman–Crippen LogP) is 1.86. The van der Waals surface area contributed by atoms with Crippen molar-refractivity contribution in [2.75, 3.05) is 4.90 Å². The molecule has 0 unspecified atom stereocenters. The van der Waals surface area contributed by atoms with Crippen molar-refractivity contribution in [2.45, 2.75) is 25.8 Å². The van der Waals surface area contributed by atoms with E-state index in [1.165, 1.54) is 6.92 Å². The van der Waals surface area contributed by atoms with E-state index in [1.807, 2.05) is 30.3 Å². The molecule has 1 aliphatic rings. The number of rotatable bonds is 2. The molecule has 0 spiro atoms. The first-order valence-corrected chi connectivity index (χ1v) is 5.94. The Kier molecular flexibility index (Phi) is 3.79. The summed E-state index contributed by atoms with van der Waals surface area (Å²) in [5, 5.41) is 24.0. The molecule has 1 amide bonds. The molecule has 1 aliphatic carbocycles. The lowest BCUT2D eigenvalue weighted by molar-refractivity contribution is -0.117. The van der Waals surface area contributed by atoms with Crippen LogP contribution in [0.3, 0.4) is 0 Å². The van der Waals surface area contributed by atoms with E-state index in [-0.39, 0.29) is 11.9 Å². The smallest absolute Gasteiger partial charge is 0.224 e. The Hall–Kier alpha value is -2.37. The highest BCUT2D eigenvalue weighted by Crippen LogP contribution is 2.26. The maximum absolute atomic E-state index is 11.8. The van der Waals surface area contributed by atoms with Gasteiger partial charge in [-0.05, 0) is 12.1 Å². The van der Waals surface area contributed by atoms with Gasteiger partial charge in [-0.25, -0.2) is 0 Å². The molecule has 1 fully saturated rings. The summed E-state index contributed by atoms with van der Waals surface area (Å²) in [6, 6.07) is 9.05. The summed E-state index contributed by atoms with van der Waals surface area (Å²) >= 11 is 0. The molecule has 0 atom stereocenters. The number of benzene rings is 1. The summed E-state index contributed by atoms with van der Waals surface area (Å²) in [5.41, 5.74) is 1.40. The number of oxime groups is 2. The molecule has 19 heavy (non-hydrogen) atoms. The van der Waals surface area contributed by atoms with Crippen LogP contribution in [0.15, 0.2) is 40.6 Å². The van der Waals surface area contributed by atoms with Gasteiger partial charge in [-0.15, -0.1) is 0 Å². The monoisotopic (exact) mass is 261 g/mol. The van der Waals surface area contributed by atoms with Crippen LogP contribution in [0.4, 0.5) is 5.69 Å².